The van der Waals surface area contributed by atoms with Gasteiger partial charge in [-0.15, -0.1) is 0 Å². The maximum Gasteiger partial charge on any atom is 0.293 e. The Morgan fingerprint density at radius 3 is 2.83 bits per heavy atom. The van der Waals surface area contributed by atoms with E-state index in [2.05, 4.69) is 10.1 Å². The van der Waals surface area contributed by atoms with Crippen molar-refractivity contribution in [2.75, 3.05) is 6.61 Å². The fourth-order valence-corrected chi connectivity index (χ4v) is 1.43. The smallest absolute Gasteiger partial charge is 0.293 e. The van der Waals surface area contributed by atoms with Crippen LogP contribution < -0.4 is 5.73 Å². The number of hydrogen-bond donors (Lipinski definition) is 1. The van der Waals surface area contributed by atoms with Gasteiger partial charge in [-0.05, 0) is 37.6 Å². The number of nitrogens with zero attached hydrogens (tertiary/aromatic N) is 2. The van der Waals surface area contributed by atoms with Crippen LogP contribution in [0.4, 0.5) is 0 Å². The molecule has 0 fully saturated rings. The highest BCUT2D eigenvalue weighted by Crippen LogP contribution is 2.23. The van der Waals surface area contributed by atoms with Gasteiger partial charge in [0.2, 0.25) is 0 Å². The zero-order valence-corrected chi connectivity index (χ0v) is 10.8. The van der Waals surface area contributed by atoms with E-state index >= 15 is 0 Å². The second kappa shape index (κ2) is 5.51. The Morgan fingerprint density at radius 2 is 2.22 bits per heavy atom. The van der Waals surface area contributed by atoms with Gasteiger partial charge in [0.1, 0.15) is 0 Å². The zero-order chi connectivity index (χ0) is 13.1. The summed E-state index contributed by atoms with van der Waals surface area (Å²) < 4.78 is 15.6. The third-order valence-electron chi connectivity index (χ3n) is 2.17. The summed E-state index contributed by atoms with van der Waals surface area (Å²) in [7, 11) is 0. The van der Waals surface area contributed by atoms with Gasteiger partial charge in [0, 0.05) is 0 Å². The van der Waals surface area contributed by atoms with Gasteiger partial charge in [-0.2, -0.15) is 4.98 Å². The highest BCUT2D eigenvalue weighted by Gasteiger charge is 2.17. The molecule has 2 N–H and O–H groups in total. The predicted octanol–water partition coefficient (Wildman–Crippen LogP) is 2.41. The van der Waals surface area contributed by atoms with Gasteiger partial charge >= 0.3 is 0 Å². The average Bonchev–Trinajstić information content (AvgIpc) is 2.93. The lowest BCUT2D eigenvalue weighted by Gasteiger charge is -2.10. The van der Waals surface area contributed by atoms with Crippen molar-refractivity contribution in [3.8, 4) is 11.7 Å². The zero-order valence-electron chi connectivity index (χ0n) is 10.1. The molecule has 2 aromatic rings. The Bertz CT molecular complexity index is 509. The van der Waals surface area contributed by atoms with Crippen molar-refractivity contribution in [2.45, 2.75) is 26.0 Å². The molecule has 2 heterocycles. The number of aromatic nitrogens is 2. The molecule has 0 saturated carbocycles. The quantitative estimate of drug-likeness (QED) is 0.898. The molecule has 98 valence electrons. The molecule has 7 heteroatoms. The molecule has 0 bridgehead atoms. The summed E-state index contributed by atoms with van der Waals surface area (Å²) in [6, 6.07) is 2.81. The van der Waals surface area contributed by atoms with Gasteiger partial charge in [-0.25, -0.2) is 0 Å². The second-order valence-corrected chi connectivity index (χ2v) is 4.42. The molecule has 6 nitrogen and oxygen atoms in total. The minimum Gasteiger partial charge on any atom is -0.440 e. The normalized spacial score (nSPS) is 13.2. The lowest BCUT2D eigenvalue weighted by atomic mass is 10.3. The SMILES string of the molecule is CC(C)OCC(N)c1noc(-c2ccc(Cl)o2)n1. The summed E-state index contributed by atoms with van der Waals surface area (Å²) in [5.41, 5.74) is 5.87. The highest BCUT2D eigenvalue weighted by molar-refractivity contribution is 6.28. The predicted molar refractivity (Wildman–Crippen MR) is 65.0 cm³/mol. The van der Waals surface area contributed by atoms with Crippen LogP contribution in [0.25, 0.3) is 11.7 Å². The maximum atomic E-state index is 5.87. The summed E-state index contributed by atoms with van der Waals surface area (Å²) in [4.78, 5) is 4.14. The van der Waals surface area contributed by atoms with E-state index in [4.69, 9.17) is 31.0 Å². The Morgan fingerprint density at radius 1 is 1.44 bits per heavy atom. The van der Waals surface area contributed by atoms with Crippen LogP contribution in [0.3, 0.4) is 0 Å². The molecule has 0 saturated heterocycles. The molecule has 18 heavy (non-hydrogen) atoms. The first kappa shape index (κ1) is 13.1. The molecular formula is C11H14ClN3O3. The van der Waals surface area contributed by atoms with Crippen LogP contribution in [0.1, 0.15) is 25.7 Å². The molecule has 0 radical (unpaired) electrons. The third kappa shape index (κ3) is 3.10. The van der Waals surface area contributed by atoms with Crippen molar-refractivity contribution in [1.82, 2.24) is 10.1 Å². The van der Waals surface area contributed by atoms with Crippen molar-refractivity contribution in [1.29, 1.82) is 0 Å². The molecule has 0 aromatic carbocycles. The topological polar surface area (TPSA) is 87.3 Å². The fourth-order valence-electron chi connectivity index (χ4n) is 1.29. The van der Waals surface area contributed by atoms with E-state index in [9.17, 15) is 0 Å². The summed E-state index contributed by atoms with van der Waals surface area (Å²) in [5.74, 6) is 1.03. The summed E-state index contributed by atoms with van der Waals surface area (Å²) in [6.45, 7) is 4.19. The molecule has 2 aromatic heterocycles. The maximum absolute atomic E-state index is 5.87. The Kier molecular flexibility index (Phi) is 4.00. The third-order valence-corrected chi connectivity index (χ3v) is 2.37. The van der Waals surface area contributed by atoms with Crippen molar-refractivity contribution in [2.24, 2.45) is 5.73 Å². The fraction of sp³-hybridized carbons (Fsp3) is 0.455. The second-order valence-electron chi connectivity index (χ2n) is 4.05. The van der Waals surface area contributed by atoms with Gasteiger partial charge in [0.05, 0.1) is 18.8 Å². The summed E-state index contributed by atoms with van der Waals surface area (Å²) in [6.07, 6.45) is 0.103. The van der Waals surface area contributed by atoms with Crippen LogP contribution in [-0.2, 0) is 4.74 Å². The molecular weight excluding hydrogens is 258 g/mol. The van der Waals surface area contributed by atoms with E-state index < -0.39 is 6.04 Å². The molecule has 0 aliphatic rings. The molecule has 1 unspecified atom stereocenters. The van der Waals surface area contributed by atoms with Crippen LogP contribution in [0.5, 0.6) is 0 Å². The van der Waals surface area contributed by atoms with Crippen LogP contribution >= 0.6 is 11.6 Å². The minimum atomic E-state index is -0.435. The van der Waals surface area contributed by atoms with Crippen molar-refractivity contribution >= 4 is 11.6 Å². The van der Waals surface area contributed by atoms with Gasteiger partial charge in [0.25, 0.3) is 5.89 Å². The minimum absolute atomic E-state index is 0.103. The van der Waals surface area contributed by atoms with Crippen molar-refractivity contribution < 1.29 is 13.7 Å². The Hall–Kier alpha value is -1.37. The van der Waals surface area contributed by atoms with Gasteiger partial charge in [-0.3, -0.25) is 0 Å². The number of ether oxygens (including phenoxy) is 1. The molecule has 1 atom stereocenters. The van der Waals surface area contributed by atoms with E-state index in [1.54, 1.807) is 12.1 Å². The van der Waals surface area contributed by atoms with Crippen LogP contribution in [-0.4, -0.2) is 22.9 Å². The van der Waals surface area contributed by atoms with Crippen molar-refractivity contribution in [3.05, 3.63) is 23.2 Å². The van der Waals surface area contributed by atoms with Crippen molar-refractivity contribution in [3.63, 3.8) is 0 Å². The van der Waals surface area contributed by atoms with E-state index in [0.717, 1.165) is 0 Å². The average molecular weight is 272 g/mol. The molecule has 0 aliphatic carbocycles. The number of furan rings is 1. The van der Waals surface area contributed by atoms with Crippen LogP contribution in [0.15, 0.2) is 21.1 Å². The molecule has 0 spiro atoms. The van der Waals surface area contributed by atoms with E-state index in [-0.39, 0.29) is 17.2 Å². The van der Waals surface area contributed by atoms with E-state index in [1.807, 2.05) is 13.8 Å². The Labute approximate surface area is 109 Å². The number of hydrogen-bond acceptors (Lipinski definition) is 6. The monoisotopic (exact) mass is 271 g/mol. The first-order chi connectivity index (χ1) is 8.56. The van der Waals surface area contributed by atoms with Gasteiger partial charge in [0.15, 0.2) is 16.8 Å². The number of nitrogens with two attached hydrogens (primary N) is 1. The lowest BCUT2D eigenvalue weighted by Crippen LogP contribution is -2.20. The van der Waals surface area contributed by atoms with Crippen LogP contribution in [0.2, 0.25) is 5.22 Å². The first-order valence-corrected chi connectivity index (χ1v) is 5.90. The molecule has 2 rings (SSSR count). The largest absolute Gasteiger partial charge is 0.440 e. The molecule has 0 aliphatic heterocycles. The Balaban J connectivity index is 2.06. The van der Waals surface area contributed by atoms with E-state index in [0.29, 0.717) is 18.2 Å². The van der Waals surface area contributed by atoms with Gasteiger partial charge in [-0.1, -0.05) is 5.16 Å². The lowest BCUT2D eigenvalue weighted by molar-refractivity contribution is 0.0665. The van der Waals surface area contributed by atoms with Gasteiger partial charge < -0.3 is 19.4 Å². The molecule has 0 amide bonds. The first-order valence-electron chi connectivity index (χ1n) is 5.52. The van der Waals surface area contributed by atoms with Crippen LogP contribution in [0, 0.1) is 0 Å². The number of halogens is 1. The standard InChI is InChI=1S/C11H14ClN3O3/c1-6(2)16-5-7(13)10-14-11(18-15-10)8-3-4-9(12)17-8/h3-4,6-7H,5,13H2,1-2H3. The number of rotatable bonds is 5. The highest BCUT2D eigenvalue weighted by atomic mass is 35.5. The summed E-state index contributed by atoms with van der Waals surface area (Å²) in [5, 5.41) is 4.05. The van der Waals surface area contributed by atoms with E-state index in [1.165, 1.54) is 0 Å². The summed E-state index contributed by atoms with van der Waals surface area (Å²) >= 11 is 5.66.